The lowest BCUT2D eigenvalue weighted by Crippen LogP contribution is -2.27. The van der Waals surface area contributed by atoms with Crippen LogP contribution in [0.25, 0.3) is 0 Å². The van der Waals surface area contributed by atoms with E-state index in [4.69, 9.17) is 0 Å². The molecule has 2 N–H and O–H groups in total. The maximum absolute atomic E-state index is 11.8. The molecule has 0 unspecified atom stereocenters. The number of carbonyl (C=O) groups excluding carboxylic acids is 2. The molecule has 0 aliphatic carbocycles. The van der Waals surface area contributed by atoms with Gasteiger partial charge in [-0.3, -0.25) is 9.59 Å². The van der Waals surface area contributed by atoms with Crippen LogP contribution in [0.5, 0.6) is 0 Å². The fourth-order valence-corrected chi connectivity index (χ4v) is 2.18. The van der Waals surface area contributed by atoms with Crippen LogP contribution in [-0.4, -0.2) is 11.8 Å². The summed E-state index contributed by atoms with van der Waals surface area (Å²) in [6.45, 7) is 2.36. The number of aryl methyl sites for hydroxylation is 1. The Morgan fingerprint density at radius 1 is 1.05 bits per heavy atom. The smallest absolute Gasteiger partial charge is 0.233 e. The fraction of sp³-hybridized carbons (Fsp3) is 0.176. The van der Waals surface area contributed by atoms with Crippen molar-refractivity contribution in [2.24, 2.45) is 0 Å². The molecule has 2 aromatic carbocycles. The van der Waals surface area contributed by atoms with Crippen molar-refractivity contribution < 1.29 is 9.59 Å². The molecule has 0 aliphatic rings. The topological polar surface area (TPSA) is 58.2 Å². The molecule has 114 valence electrons. The second kappa shape index (κ2) is 7.75. The van der Waals surface area contributed by atoms with E-state index >= 15 is 0 Å². The maximum atomic E-state index is 11.8. The molecule has 2 rings (SSSR count). The normalized spacial score (nSPS) is 10.1. The molecular formula is C17H17BrN2O2. The van der Waals surface area contributed by atoms with Gasteiger partial charge >= 0.3 is 0 Å². The van der Waals surface area contributed by atoms with Gasteiger partial charge in [-0.2, -0.15) is 0 Å². The minimum atomic E-state index is -0.327. The number of hydrogen-bond acceptors (Lipinski definition) is 2. The fourth-order valence-electron chi connectivity index (χ4n) is 1.93. The summed E-state index contributed by atoms with van der Waals surface area (Å²) in [5.74, 6) is -0.623. The Hall–Kier alpha value is -2.14. The standard InChI is InChI=1S/C17H17BrN2O2/c1-12-9-14(7-8-15(12)18)20-17(22)10-16(21)19-11-13-5-3-2-4-6-13/h2-9H,10-11H2,1H3,(H,19,21)(H,20,22). The van der Waals surface area contributed by atoms with Crippen LogP contribution in [0.2, 0.25) is 0 Å². The van der Waals surface area contributed by atoms with Gasteiger partial charge in [-0.15, -0.1) is 0 Å². The molecule has 0 spiro atoms. The lowest BCUT2D eigenvalue weighted by atomic mass is 10.2. The number of carbonyl (C=O) groups is 2. The van der Waals surface area contributed by atoms with Crippen LogP contribution < -0.4 is 10.6 Å². The second-order valence-corrected chi connectivity index (χ2v) is 5.81. The van der Waals surface area contributed by atoms with Gasteiger partial charge in [0.05, 0.1) is 0 Å². The van der Waals surface area contributed by atoms with Crippen molar-refractivity contribution in [1.82, 2.24) is 5.32 Å². The number of nitrogens with one attached hydrogen (secondary N) is 2. The van der Waals surface area contributed by atoms with Gasteiger partial charge in [0, 0.05) is 16.7 Å². The van der Waals surface area contributed by atoms with Gasteiger partial charge in [0.1, 0.15) is 6.42 Å². The van der Waals surface area contributed by atoms with Crippen molar-refractivity contribution in [1.29, 1.82) is 0 Å². The van der Waals surface area contributed by atoms with E-state index in [1.54, 1.807) is 6.07 Å². The summed E-state index contributed by atoms with van der Waals surface area (Å²) in [4.78, 5) is 23.6. The quantitative estimate of drug-likeness (QED) is 0.802. The van der Waals surface area contributed by atoms with Crippen molar-refractivity contribution >= 4 is 33.4 Å². The minimum Gasteiger partial charge on any atom is -0.352 e. The SMILES string of the molecule is Cc1cc(NC(=O)CC(=O)NCc2ccccc2)ccc1Br. The Morgan fingerprint density at radius 3 is 2.45 bits per heavy atom. The van der Waals surface area contributed by atoms with Crippen LogP contribution in [-0.2, 0) is 16.1 Å². The Labute approximate surface area is 138 Å². The lowest BCUT2D eigenvalue weighted by Gasteiger charge is -2.08. The molecule has 0 bridgehead atoms. The largest absolute Gasteiger partial charge is 0.352 e. The summed E-state index contributed by atoms with van der Waals surface area (Å²) in [5.41, 5.74) is 2.70. The first-order valence-corrected chi connectivity index (χ1v) is 7.70. The molecule has 0 saturated carbocycles. The molecule has 0 atom stereocenters. The van der Waals surface area contributed by atoms with Crippen molar-refractivity contribution in [2.75, 3.05) is 5.32 Å². The van der Waals surface area contributed by atoms with Crippen LogP contribution in [0.1, 0.15) is 17.5 Å². The lowest BCUT2D eigenvalue weighted by molar-refractivity contribution is -0.126. The van der Waals surface area contributed by atoms with Gasteiger partial charge in [0.25, 0.3) is 0 Å². The average Bonchev–Trinajstić information content (AvgIpc) is 2.50. The minimum absolute atomic E-state index is 0.193. The number of benzene rings is 2. The Bertz CT molecular complexity index is 672. The molecule has 0 fully saturated rings. The number of rotatable bonds is 5. The summed E-state index contributed by atoms with van der Waals surface area (Å²) in [5, 5.41) is 5.45. The molecular weight excluding hydrogens is 344 g/mol. The maximum Gasteiger partial charge on any atom is 0.233 e. The third kappa shape index (κ3) is 5.00. The highest BCUT2D eigenvalue weighted by Gasteiger charge is 2.10. The molecule has 4 nitrogen and oxygen atoms in total. The Kier molecular flexibility index (Phi) is 5.72. The van der Waals surface area contributed by atoms with Crippen molar-refractivity contribution in [3.05, 3.63) is 64.1 Å². The van der Waals surface area contributed by atoms with Gasteiger partial charge < -0.3 is 10.6 Å². The monoisotopic (exact) mass is 360 g/mol. The first-order chi connectivity index (χ1) is 10.5. The van der Waals surface area contributed by atoms with E-state index in [-0.39, 0.29) is 18.2 Å². The van der Waals surface area contributed by atoms with E-state index in [1.165, 1.54) is 0 Å². The summed E-state index contributed by atoms with van der Waals surface area (Å²) in [7, 11) is 0. The summed E-state index contributed by atoms with van der Waals surface area (Å²) in [6.07, 6.45) is -0.193. The van der Waals surface area contributed by atoms with Crippen molar-refractivity contribution in [2.45, 2.75) is 19.9 Å². The number of halogens is 1. The molecule has 0 radical (unpaired) electrons. The molecule has 0 heterocycles. The van der Waals surface area contributed by atoms with E-state index in [1.807, 2.05) is 49.4 Å². The van der Waals surface area contributed by atoms with E-state index in [0.29, 0.717) is 12.2 Å². The zero-order valence-corrected chi connectivity index (χ0v) is 13.8. The molecule has 22 heavy (non-hydrogen) atoms. The zero-order chi connectivity index (χ0) is 15.9. The second-order valence-electron chi connectivity index (χ2n) is 4.95. The number of amides is 2. The van der Waals surface area contributed by atoms with Crippen LogP contribution in [0.15, 0.2) is 53.0 Å². The summed E-state index contributed by atoms with van der Waals surface area (Å²) < 4.78 is 0.978. The van der Waals surface area contributed by atoms with Gasteiger partial charge in [-0.1, -0.05) is 46.3 Å². The van der Waals surface area contributed by atoms with Gasteiger partial charge in [0.2, 0.25) is 11.8 Å². The number of anilines is 1. The summed E-state index contributed by atoms with van der Waals surface area (Å²) in [6, 6.07) is 15.1. The van der Waals surface area contributed by atoms with E-state index in [0.717, 1.165) is 15.6 Å². The van der Waals surface area contributed by atoms with Gasteiger partial charge in [0.15, 0.2) is 0 Å². The highest BCUT2D eigenvalue weighted by Crippen LogP contribution is 2.20. The first-order valence-electron chi connectivity index (χ1n) is 6.91. The molecule has 0 saturated heterocycles. The van der Waals surface area contributed by atoms with E-state index in [9.17, 15) is 9.59 Å². The molecule has 5 heteroatoms. The van der Waals surface area contributed by atoms with Crippen LogP contribution in [0, 0.1) is 6.92 Å². The predicted octanol–water partition coefficient (Wildman–Crippen LogP) is 3.40. The van der Waals surface area contributed by atoms with E-state index in [2.05, 4.69) is 26.6 Å². The third-order valence-corrected chi connectivity index (χ3v) is 3.99. The van der Waals surface area contributed by atoms with Crippen LogP contribution >= 0.6 is 15.9 Å². The summed E-state index contributed by atoms with van der Waals surface area (Å²) >= 11 is 3.40. The molecule has 0 aliphatic heterocycles. The van der Waals surface area contributed by atoms with Crippen LogP contribution in [0.3, 0.4) is 0 Å². The van der Waals surface area contributed by atoms with Gasteiger partial charge in [-0.25, -0.2) is 0 Å². The highest BCUT2D eigenvalue weighted by atomic mass is 79.9. The first kappa shape index (κ1) is 16.2. The average molecular weight is 361 g/mol. The molecule has 2 amide bonds. The Morgan fingerprint density at radius 2 is 1.77 bits per heavy atom. The Balaban J connectivity index is 1.81. The van der Waals surface area contributed by atoms with Crippen LogP contribution in [0.4, 0.5) is 5.69 Å². The molecule has 0 aromatic heterocycles. The molecule has 2 aromatic rings. The van der Waals surface area contributed by atoms with Crippen molar-refractivity contribution in [3.63, 3.8) is 0 Å². The highest BCUT2D eigenvalue weighted by molar-refractivity contribution is 9.10. The number of hydrogen-bond donors (Lipinski definition) is 2. The van der Waals surface area contributed by atoms with Crippen molar-refractivity contribution in [3.8, 4) is 0 Å². The zero-order valence-electron chi connectivity index (χ0n) is 12.2. The third-order valence-electron chi connectivity index (χ3n) is 3.10. The predicted molar refractivity (Wildman–Crippen MR) is 90.4 cm³/mol. The van der Waals surface area contributed by atoms with E-state index < -0.39 is 0 Å². The van der Waals surface area contributed by atoms with Gasteiger partial charge in [-0.05, 0) is 36.2 Å².